The lowest BCUT2D eigenvalue weighted by atomic mass is 9.89. The van der Waals surface area contributed by atoms with Gasteiger partial charge in [-0.15, -0.1) is 0 Å². The van der Waals surface area contributed by atoms with Gasteiger partial charge >= 0.3 is 0 Å². The summed E-state index contributed by atoms with van der Waals surface area (Å²) in [6.07, 6.45) is 6.43. The fourth-order valence-electron chi connectivity index (χ4n) is 2.62. The van der Waals surface area contributed by atoms with E-state index >= 15 is 0 Å². The Balaban J connectivity index is 2.05. The molecule has 1 aromatic heterocycles. The molecular formula is C12H16N2O. The monoisotopic (exact) mass is 204 g/mol. The summed E-state index contributed by atoms with van der Waals surface area (Å²) < 4.78 is 5.38. The molecule has 2 N–H and O–H groups in total. The molecule has 3 heteroatoms. The molecule has 15 heavy (non-hydrogen) atoms. The number of nitrogens with two attached hydrogens (primary N) is 1. The Morgan fingerprint density at radius 3 is 2.60 bits per heavy atom. The maximum atomic E-state index is 6.35. The molecular weight excluding hydrogens is 188 g/mol. The first kappa shape index (κ1) is 9.16. The fraction of sp³-hybridized carbons (Fsp3) is 0.583. The van der Waals surface area contributed by atoms with Gasteiger partial charge in [0, 0.05) is 17.2 Å². The van der Waals surface area contributed by atoms with Gasteiger partial charge in [-0.2, -0.15) is 0 Å². The van der Waals surface area contributed by atoms with Crippen molar-refractivity contribution in [1.82, 2.24) is 4.98 Å². The van der Waals surface area contributed by atoms with Gasteiger partial charge < -0.3 is 10.5 Å². The van der Waals surface area contributed by atoms with E-state index in [0.29, 0.717) is 0 Å². The average molecular weight is 204 g/mol. The third-order valence-corrected chi connectivity index (χ3v) is 3.94. The van der Waals surface area contributed by atoms with E-state index < -0.39 is 0 Å². The summed E-state index contributed by atoms with van der Waals surface area (Å²) in [6.45, 7) is 0. The number of ether oxygens (including phenoxy) is 1. The fourth-order valence-corrected chi connectivity index (χ4v) is 2.62. The molecule has 0 atom stereocenters. The second-order valence-corrected chi connectivity index (χ2v) is 4.79. The van der Waals surface area contributed by atoms with Crippen molar-refractivity contribution >= 4 is 0 Å². The van der Waals surface area contributed by atoms with E-state index in [0.717, 1.165) is 37.1 Å². The third-order valence-electron chi connectivity index (χ3n) is 3.94. The molecule has 2 aliphatic rings. The van der Waals surface area contributed by atoms with Gasteiger partial charge in [-0.3, -0.25) is 4.98 Å². The number of hydrogen-bond donors (Lipinski definition) is 1. The van der Waals surface area contributed by atoms with E-state index in [-0.39, 0.29) is 11.0 Å². The molecule has 2 fully saturated rings. The van der Waals surface area contributed by atoms with Crippen molar-refractivity contribution in [3.63, 3.8) is 0 Å². The summed E-state index contributed by atoms with van der Waals surface area (Å²) in [5.41, 5.74) is 7.56. The number of methoxy groups -OCH3 is 1. The van der Waals surface area contributed by atoms with E-state index in [9.17, 15) is 0 Å². The van der Waals surface area contributed by atoms with Crippen LogP contribution in [-0.2, 0) is 5.41 Å². The Labute approximate surface area is 89.6 Å². The minimum absolute atomic E-state index is 0.00856. The molecule has 0 aliphatic heterocycles. The molecule has 0 unspecified atom stereocenters. The number of nitrogens with zero attached hydrogens (tertiary/aromatic N) is 1. The zero-order chi connectivity index (χ0) is 10.5. The molecule has 80 valence electrons. The van der Waals surface area contributed by atoms with Crippen molar-refractivity contribution in [3.05, 3.63) is 24.0 Å². The molecule has 1 aromatic rings. The van der Waals surface area contributed by atoms with E-state index in [1.807, 2.05) is 18.3 Å². The van der Waals surface area contributed by atoms with Crippen molar-refractivity contribution in [1.29, 1.82) is 0 Å². The molecule has 0 aromatic carbocycles. The van der Waals surface area contributed by atoms with Gasteiger partial charge in [0.2, 0.25) is 0 Å². The lowest BCUT2D eigenvalue weighted by Crippen LogP contribution is -2.38. The number of hydrogen-bond acceptors (Lipinski definition) is 3. The number of rotatable bonds is 3. The predicted molar refractivity (Wildman–Crippen MR) is 57.9 cm³/mol. The zero-order valence-electron chi connectivity index (χ0n) is 8.99. The molecule has 1 heterocycles. The largest absolute Gasteiger partial charge is 0.495 e. The predicted octanol–water partition coefficient (Wildman–Crippen LogP) is 1.61. The van der Waals surface area contributed by atoms with Crippen LogP contribution in [0, 0.1) is 0 Å². The minimum atomic E-state index is 0.00856. The first-order valence-electron chi connectivity index (χ1n) is 5.50. The SMILES string of the molecule is COc1cccnc1C1(C2(N)CC2)CC1. The summed E-state index contributed by atoms with van der Waals surface area (Å²) in [5, 5.41) is 0. The Hall–Kier alpha value is -1.09. The van der Waals surface area contributed by atoms with E-state index in [2.05, 4.69) is 4.98 Å². The lowest BCUT2D eigenvalue weighted by molar-refractivity contribution is 0.387. The van der Waals surface area contributed by atoms with Gasteiger partial charge in [0.05, 0.1) is 12.8 Å². The van der Waals surface area contributed by atoms with Crippen LogP contribution in [0.4, 0.5) is 0 Å². The normalized spacial score (nSPS) is 24.7. The van der Waals surface area contributed by atoms with Crippen LogP contribution >= 0.6 is 0 Å². The Kier molecular flexibility index (Phi) is 1.67. The van der Waals surface area contributed by atoms with Crippen LogP contribution in [0.1, 0.15) is 31.4 Å². The molecule has 0 radical (unpaired) electrons. The highest BCUT2D eigenvalue weighted by atomic mass is 16.5. The summed E-state index contributed by atoms with van der Waals surface area (Å²) in [5.74, 6) is 0.895. The van der Waals surface area contributed by atoms with E-state index in [1.54, 1.807) is 7.11 Å². The van der Waals surface area contributed by atoms with Crippen LogP contribution in [0.2, 0.25) is 0 Å². The van der Waals surface area contributed by atoms with E-state index in [4.69, 9.17) is 10.5 Å². The third kappa shape index (κ3) is 1.13. The second kappa shape index (κ2) is 2.73. The summed E-state index contributed by atoms with van der Waals surface area (Å²) in [4.78, 5) is 4.49. The Morgan fingerprint density at radius 1 is 1.33 bits per heavy atom. The van der Waals surface area contributed by atoms with Crippen LogP contribution < -0.4 is 10.5 Å². The molecule has 0 amide bonds. The first-order valence-corrected chi connectivity index (χ1v) is 5.50. The minimum Gasteiger partial charge on any atom is -0.495 e. The van der Waals surface area contributed by atoms with Crippen molar-refractivity contribution in [2.45, 2.75) is 36.6 Å². The van der Waals surface area contributed by atoms with Gasteiger partial charge in [0.1, 0.15) is 5.75 Å². The van der Waals surface area contributed by atoms with Crippen molar-refractivity contribution in [3.8, 4) is 5.75 Å². The van der Waals surface area contributed by atoms with Gasteiger partial charge in [0.25, 0.3) is 0 Å². The Bertz CT molecular complexity index is 394. The molecule has 0 spiro atoms. The molecule has 2 aliphatic carbocycles. The quantitative estimate of drug-likeness (QED) is 0.813. The molecule has 0 saturated heterocycles. The summed E-state index contributed by atoms with van der Waals surface area (Å²) >= 11 is 0. The van der Waals surface area contributed by atoms with Crippen LogP contribution in [0.25, 0.3) is 0 Å². The first-order chi connectivity index (χ1) is 7.22. The highest BCUT2D eigenvalue weighted by Gasteiger charge is 2.65. The maximum Gasteiger partial charge on any atom is 0.140 e. The van der Waals surface area contributed by atoms with Crippen LogP contribution in [-0.4, -0.2) is 17.6 Å². The topological polar surface area (TPSA) is 48.1 Å². The lowest BCUT2D eigenvalue weighted by Gasteiger charge is -2.23. The molecule has 3 nitrogen and oxygen atoms in total. The Morgan fingerprint density at radius 2 is 2.07 bits per heavy atom. The maximum absolute atomic E-state index is 6.35. The van der Waals surface area contributed by atoms with Crippen molar-refractivity contribution in [2.24, 2.45) is 5.73 Å². The highest BCUT2D eigenvalue weighted by Crippen LogP contribution is 2.64. The smallest absolute Gasteiger partial charge is 0.140 e. The zero-order valence-corrected chi connectivity index (χ0v) is 8.99. The molecule has 2 saturated carbocycles. The van der Waals surface area contributed by atoms with Crippen LogP contribution in [0.3, 0.4) is 0 Å². The number of aromatic nitrogens is 1. The number of pyridine rings is 1. The summed E-state index contributed by atoms with van der Waals surface area (Å²) in [7, 11) is 1.70. The van der Waals surface area contributed by atoms with Crippen molar-refractivity contribution < 1.29 is 4.74 Å². The average Bonchev–Trinajstić information content (AvgIpc) is 3.13. The van der Waals surface area contributed by atoms with Gasteiger partial charge in [-0.1, -0.05) is 0 Å². The molecule has 0 bridgehead atoms. The van der Waals surface area contributed by atoms with Crippen LogP contribution in [0.5, 0.6) is 5.75 Å². The van der Waals surface area contributed by atoms with Gasteiger partial charge in [0.15, 0.2) is 0 Å². The van der Waals surface area contributed by atoms with Crippen LogP contribution in [0.15, 0.2) is 18.3 Å². The van der Waals surface area contributed by atoms with Crippen molar-refractivity contribution in [2.75, 3.05) is 7.11 Å². The van der Waals surface area contributed by atoms with E-state index in [1.165, 1.54) is 0 Å². The molecule has 3 rings (SSSR count). The standard InChI is InChI=1S/C12H16N2O/c1-15-9-3-2-8-14-10(9)11(4-5-11)12(13)6-7-12/h2-3,8H,4-7,13H2,1H3. The van der Waals surface area contributed by atoms with Gasteiger partial charge in [-0.25, -0.2) is 0 Å². The summed E-state index contributed by atoms with van der Waals surface area (Å²) in [6, 6.07) is 3.89. The van der Waals surface area contributed by atoms with Gasteiger partial charge in [-0.05, 0) is 37.8 Å². The highest BCUT2D eigenvalue weighted by molar-refractivity contribution is 5.44. The second-order valence-electron chi connectivity index (χ2n) is 4.79.